The van der Waals surface area contributed by atoms with Crippen LogP contribution in [0.2, 0.25) is 0 Å². The van der Waals surface area contributed by atoms with E-state index in [0.29, 0.717) is 9.94 Å². The molecule has 11 heavy (non-hydrogen) atoms. The topological polar surface area (TPSA) is 50.2 Å². The van der Waals surface area contributed by atoms with Gasteiger partial charge in [0.05, 0.1) is 4.88 Å². The van der Waals surface area contributed by atoms with Gasteiger partial charge in [-0.25, -0.2) is 0 Å². The summed E-state index contributed by atoms with van der Waals surface area (Å²) in [7, 11) is 0. The minimum atomic E-state index is 0.0230. The average Bonchev–Trinajstić information content (AvgIpc) is 2.37. The molecule has 3 nitrogen and oxygen atoms in total. The van der Waals surface area contributed by atoms with Gasteiger partial charge < -0.3 is 4.74 Å². The number of nitrogens with one attached hydrogen (secondary N) is 1. The number of Topliss-reactive ketones (excluding diaryl/α,β-unsaturated/α-hetero) is 1. The van der Waals surface area contributed by atoms with E-state index in [2.05, 4.69) is 0 Å². The van der Waals surface area contributed by atoms with Gasteiger partial charge >= 0.3 is 0 Å². The molecule has 58 valence electrons. The van der Waals surface area contributed by atoms with Crippen LogP contribution in [0.25, 0.3) is 0 Å². The van der Waals surface area contributed by atoms with Crippen LogP contribution in [0.15, 0.2) is 12.1 Å². The summed E-state index contributed by atoms with van der Waals surface area (Å²) in [6.45, 7) is 1.50. The summed E-state index contributed by atoms with van der Waals surface area (Å²) in [5.41, 5.74) is 0. The first-order valence-corrected chi connectivity index (χ1v) is 3.82. The van der Waals surface area contributed by atoms with Gasteiger partial charge in [-0.2, -0.15) is 0 Å². The third-order valence-corrected chi connectivity index (χ3v) is 2.18. The Morgan fingerprint density at radius 3 is 2.91 bits per heavy atom. The van der Waals surface area contributed by atoms with Crippen molar-refractivity contribution < 1.29 is 9.53 Å². The fraction of sp³-hybridized carbons (Fsp3) is 0.143. The summed E-state index contributed by atoms with van der Waals surface area (Å²) in [5, 5.41) is 7.21. The van der Waals surface area contributed by atoms with Crippen molar-refractivity contribution in [1.82, 2.24) is 0 Å². The second-order valence-corrected chi connectivity index (χ2v) is 2.96. The fourth-order valence-corrected chi connectivity index (χ4v) is 1.36. The summed E-state index contributed by atoms with van der Waals surface area (Å²) in [6, 6.07) is 3.36. The van der Waals surface area contributed by atoms with Crippen molar-refractivity contribution in [3.63, 3.8) is 0 Å². The number of carbonyl (C=O) groups excluding carboxylic acids is 1. The molecule has 1 heterocycles. The summed E-state index contributed by atoms with van der Waals surface area (Å²) >= 11 is 1.24. The van der Waals surface area contributed by atoms with Crippen LogP contribution in [0, 0.1) is 5.41 Å². The largest absolute Gasteiger partial charge is 0.436 e. The van der Waals surface area contributed by atoms with E-state index in [0.717, 1.165) is 6.40 Å². The van der Waals surface area contributed by atoms with Gasteiger partial charge in [-0.05, 0) is 19.1 Å². The van der Waals surface area contributed by atoms with Gasteiger partial charge in [0.1, 0.15) is 0 Å². The van der Waals surface area contributed by atoms with E-state index >= 15 is 0 Å². The van der Waals surface area contributed by atoms with E-state index in [-0.39, 0.29) is 5.78 Å². The smallest absolute Gasteiger partial charge is 0.182 e. The van der Waals surface area contributed by atoms with Gasteiger partial charge in [0, 0.05) is 0 Å². The zero-order valence-corrected chi connectivity index (χ0v) is 6.77. The maximum absolute atomic E-state index is 10.8. The van der Waals surface area contributed by atoms with Gasteiger partial charge in [-0.1, -0.05) is 11.3 Å². The molecule has 0 bridgehead atoms. The lowest BCUT2D eigenvalue weighted by Gasteiger charge is -1.88. The number of carbonyl (C=O) groups is 1. The van der Waals surface area contributed by atoms with Crippen LogP contribution in [0.5, 0.6) is 5.06 Å². The highest BCUT2D eigenvalue weighted by Crippen LogP contribution is 2.23. The molecule has 4 heteroatoms. The lowest BCUT2D eigenvalue weighted by atomic mass is 10.4. The lowest BCUT2D eigenvalue weighted by Crippen LogP contribution is -1.84. The highest BCUT2D eigenvalue weighted by atomic mass is 32.1. The number of thiophene rings is 1. The molecule has 0 unspecified atom stereocenters. The van der Waals surface area contributed by atoms with Crippen LogP contribution in [0.3, 0.4) is 0 Å². The van der Waals surface area contributed by atoms with E-state index < -0.39 is 0 Å². The monoisotopic (exact) mass is 169 g/mol. The Bertz CT molecular complexity index is 280. The standard InChI is InChI=1S/C7H7NO2S/c1-5(9)6-2-3-7(11-6)10-4-8/h2-4,8H,1H3. The van der Waals surface area contributed by atoms with Gasteiger partial charge in [0.2, 0.25) is 0 Å². The van der Waals surface area contributed by atoms with Crippen LogP contribution in [-0.4, -0.2) is 12.2 Å². The molecule has 0 atom stereocenters. The number of rotatable bonds is 3. The molecule has 0 saturated heterocycles. The van der Waals surface area contributed by atoms with Crippen LogP contribution in [0.4, 0.5) is 0 Å². The van der Waals surface area contributed by atoms with Crippen LogP contribution in [0.1, 0.15) is 16.6 Å². The summed E-state index contributed by atoms with van der Waals surface area (Å²) in [5.74, 6) is 0.0230. The van der Waals surface area contributed by atoms with Crippen molar-refractivity contribution in [3.8, 4) is 5.06 Å². The van der Waals surface area contributed by atoms with Crippen LogP contribution in [-0.2, 0) is 0 Å². The Morgan fingerprint density at radius 2 is 2.45 bits per heavy atom. The normalized spacial score (nSPS) is 9.18. The predicted octanol–water partition coefficient (Wildman–Crippen LogP) is 1.94. The molecule has 1 N–H and O–H groups in total. The molecule has 1 aromatic rings. The second kappa shape index (κ2) is 3.30. The van der Waals surface area contributed by atoms with E-state index in [9.17, 15) is 4.79 Å². The molecule has 0 aliphatic carbocycles. The molecule has 0 spiro atoms. The Hall–Kier alpha value is -1.16. The highest BCUT2D eigenvalue weighted by molar-refractivity contribution is 7.15. The van der Waals surface area contributed by atoms with Crippen molar-refractivity contribution in [1.29, 1.82) is 5.41 Å². The SMILES string of the molecule is CC(=O)c1ccc(OC=N)s1. The Morgan fingerprint density at radius 1 is 1.73 bits per heavy atom. The predicted molar refractivity (Wildman–Crippen MR) is 43.7 cm³/mol. The van der Waals surface area contributed by atoms with Crippen molar-refractivity contribution >= 4 is 23.5 Å². The summed E-state index contributed by atoms with van der Waals surface area (Å²) in [6.07, 6.45) is 0.843. The van der Waals surface area contributed by atoms with Crippen LogP contribution >= 0.6 is 11.3 Å². The summed E-state index contributed by atoms with van der Waals surface area (Å²) < 4.78 is 4.74. The third-order valence-electron chi connectivity index (χ3n) is 1.10. The van der Waals surface area contributed by atoms with Gasteiger partial charge in [0.15, 0.2) is 17.2 Å². The number of hydrogen-bond acceptors (Lipinski definition) is 4. The lowest BCUT2D eigenvalue weighted by molar-refractivity contribution is 0.102. The van der Waals surface area contributed by atoms with Gasteiger partial charge in [0.25, 0.3) is 0 Å². The minimum Gasteiger partial charge on any atom is -0.436 e. The van der Waals surface area contributed by atoms with Crippen molar-refractivity contribution in [2.45, 2.75) is 6.92 Å². The average molecular weight is 169 g/mol. The zero-order chi connectivity index (χ0) is 8.27. The van der Waals surface area contributed by atoms with E-state index in [1.54, 1.807) is 12.1 Å². The molecule has 0 aliphatic heterocycles. The molecule has 1 aromatic heterocycles. The Balaban J connectivity index is 2.81. The molecule has 0 radical (unpaired) electrons. The maximum atomic E-state index is 10.8. The van der Waals surface area contributed by atoms with Crippen molar-refractivity contribution in [2.24, 2.45) is 0 Å². The molecule has 0 fully saturated rings. The van der Waals surface area contributed by atoms with Crippen molar-refractivity contribution in [3.05, 3.63) is 17.0 Å². The molecular formula is C7H7NO2S. The maximum Gasteiger partial charge on any atom is 0.182 e. The number of ether oxygens (including phenoxy) is 1. The van der Waals surface area contributed by atoms with Crippen molar-refractivity contribution in [2.75, 3.05) is 0 Å². The summed E-state index contributed by atoms with van der Waals surface area (Å²) in [4.78, 5) is 11.4. The van der Waals surface area contributed by atoms with Crippen LogP contribution < -0.4 is 4.74 Å². The molecule has 0 amide bonds. The molecule has 0 saturated carbocycles. The number of hydrogen-bond donors (Lipinski definition) is 1. The first-order valence-electron chi connectivity index (χ1n) is 3.00. The Labute approximate surface area is 68.1 Å². The Kier molecular flexibility index (Phi) is 2.38. The molecule has 1 rings (SSSR count). The van der Waals surface area contributed by atoms with E-state index in [4.69, 9.17) is 10.1 Å². The molecule has 0 aliphatic rings. The first kappa shape index (κ1) is 7.94. The fourth-order valence-electron chi connectivity index (χ4n) is 0.631. The minimum absolute atomic E-state index is 0.0230. The molecular weight excluding hydrogens is 162 g/mol. The zero-order valence-electron chi connectivity index (χ0n) is 5.96. The second-order valence-electron chi connectivity index (χ2n) is 1.91. The van der Waals surface area contributed by atoms with E-state index in [1.165, 1.54) is 18.3 Å². The highest BCUT2D eigenvalue weighted by Gasteiger charge is 2.03. The van der Waals surface area contributed by atoms with Gasteiger partial charge in [-0.15, -0.1) is 0 Å². The molecule has 0 aromatic carbocycles. The third kappa shape index (κ3) is 1.88. The first-order chi connectivity index (χ1) is 5.24. The quantitative estimate of drug-likeness (QED) is 0.427. The number of ketones is 1. The van der Waals surface area contributed by atoms with Gasteiger partial charge in [-0.3, -0.25) is 10.2 Å². The van der Waals surface area contributed by atoms with E-state index in [1.807, 2.05) is 0 Å².